The van der Waals surface area contributed by atoms with Gasteiger partial charge in [0.2, 0.25) is 5.78 Å². The molecule has 0 amide bonds. The van der Waals surface area contributed by atoms with Crippen LogP contribution >= 0.6 is 0 Å². The Bertz CT molecular complexity index is 1120. The quantitative estimate of drug-likeness (QED) is 0.433. The monoisotopic (exact) mass is 462 g/mol. The number of carbonyl (C=O) groups excluding carboxylic acids is 2. The van der Waals surface area contributed by atoms with Gasteiger partial charge in [-0.2, -0.15) is 0 Å². The number of rotatable bonds is 2. The van der Waals surface area contributed by atoms with E-state index in [4.69, 9.17) is 4.74 Å². The molecule has 0 N–H and O–H groups in total. The Morgan fingerprint density at radius 3 is 2.29 bits per heavy atom. The van der Waals surface area contributed by atoms with Crippen molar-refractivity contribution in [2.24, 2.45) is 33.0 Å². The Kier molecular flexibility index (Phi) is 4.96. The van der Waals surface area contributed by atoms with E-state index in [1.165, 1.54) is 24.0 Å². The minimum absolute atomic E-state index is 0.00571. The molecule has 0 saturated heterocycles. The van der Waals surface area contributed by atoms with E-state index >= 15 is 0 Å². The third kappa shape index (κ3) is 2.76. The van der Waals surface area contributed by atoms with Crippen LogP contribution in [-0.2, 0) is 14.3 Å². The number of ketones is 2. The van der Waals surface area contributed by atoms with Crippen molar-refractivity contribution < 1.29 is 14.3 Å². The van der Waals surface area contributed by atoms with Gasteiger partial charge in [0.1, 0.15) is 5.78 Å². The first-order chi connectivity index (χ1) is 15.8. The lowest BCUT2D eigenvalue weighted by Crippen LogP contribution is -2.62. The van der Waals surface area contributed by atoms with E-state index in [0.29, 0.717) is 22.9 Å². The summed E-state index contributed by atoms with van der Waals surface area (Å²) in [5, 5.41) is 0. The van der Waals surface area contributed by atoms with Crippen LogP contribution in [0.5, 0.6) is 0 Å². The molecular formula is C31H42O3. The van der Waals surface area contributed by atoms with Crippen LogP contribution in [0.1, 0.15) is 93.4 Å². The molecular weight excluding hydrogens is 420 g/mol. The van der Waals surface area contributed by atoms with Gasteiger partial charge in [0.25, 0.3) is 0 Å². The van der Waals surface area contributed by atoms with Crippen LogP contribution in [0.15, 0.2) is 46.3 Å². The second kappa shape index (κ2) is 7.08. The van der Waals surface area contributed by atoms with E-state index in [9.17, 15) is 9.59 Å². The molecule has 0 aromatic rings. The van der Waals surface area contributed by atoms with Gasteiger partial charge in [-0.05, 0) is 98.2 Å². The summed E-state index contributed by atoms with van der Waals surface area (Å²) < 4.78 is 5.46. The fraction of sp³-hybridized carbons (Fsp3) is 0.677. The summed E-state index contributed by atoms with van der Waals surface area (Å²) in [4.78, 5) is 25.7. The molecule has 3 nitrogen and oxygen atoms in total. The predicted octanol–water partition coefficient (Wildman–Crippen LogP) is 7.29. The summed E-state index contributed by atoms with van der Waals surface area (Å²) in [6.45, 7) is 16.0. The highest BCUT2D eigenvalue weighted by Crippen LogP contribution is 2.75. The molecule has 0 spiro atoms. The Morgan fingerprint density at radius 1 is 0.971 bits per heavy atom. The normalized spacial score (nSPS) is 45.7. The van der Waals surface area contributed by atoms with E-state index in [1.807, 2.05) is 13.0 Å². The molecule has 0 unspecified atom stereocenters. The van der Waals surface area contributed by atoms with Gasteiger partial charge < -0.3 is 4.74 Å². The topological polar surface area (TPSA) is 43.4 Å². The van der Waals surface area contributed by atoms with Crippen LogP contribution in [0.2, 0.25) is 0 Å². The van der Waals surface area contributed by atoms with E-state index in [0.717, 1.165) is 43.3 Å². The van der Waals surface area contributed by atoms with Gasteiger partial charge >= 0.3 is 0 Å². The number of hydrogen-bond donors (Lipinski definition) is 0. The lowest BCUT2D eigenvalue weighted by atomic mass is 9.34. The van der Waals surface area contributed by atoms with Crippen molar-refractivity contribution in [1.82, 2.24) is 0 Å². The SMILES string of the molecule is COC1=C(C)C2=CC=C3[C@@](C)(CC[C@@]4(C)[C@@H]5C[C@](C)(C(C)=O)CC[C@]5(C)CC[C@]34C)C2=CC1=O. The average Bonchev–Trinajstić information content (AvgIpc) is 2.77. The van der Waals surface area contributed by atoms with Crippen LogP contribution in [0.4, 0.5) is 0 Å². The van der Waals surface area contributed by atoms with Crippen molar-refractivity contribution in [3.63, 3.8) is 0 Å². The molecule has 0 aromatic carbocycles. The van der Waals surface area contributed by atoms with Crippen molar-refractivity contribution in [3.8, 4) is 0 Å². The predicted molar refractivity (Wildman–Crippen MR) is 136 cm³/mol. The first-order valence-electron chi connectivity index (χ1n) is 13.2. The summed E-state index contributed by atoms with van der Waals surface area (Å²) in [6, 6.07) is 0. The molecule has 5 rings (SSSR count). The molecule has 184 valence electrons. The van der Waals surface area contributed by atoms with E-state index in [2.05, 4.69) is 46.8 Å². The highest BCUT2D eigenvalue weighted by Gasteiger charge is 2.67. The highest BCUT2D eigenvalue weighted by atomic mass is 16.5. The van der Waals surface area contributed by atoms with Crippen LogP contribution in [0, 0.1) is 33.0 Å². The van der Waals surface area contributed by atoms with E-state index < -0.39 is 0 Å². The fourth-order valence-corrected chi connectivity index (χ4v) is 9.02. The molecule has 0 bridgehead atoms. The second-order valence-electron chi connectivity index (χ2n) is 13.4. The molecule has 0 heterocycles. The number of hydrogen-bond acceptors (Lipinski definition) is 3. The highest BCUT2D eigenvalue weighted by molar-refractivity contribution is 6.07. The fourth-order valence-electron chi connectivity index (χ4n) is 9.02. The third-order valence-electron chi connectivity index (χ3n) is 11.9. The van der Waals surface area contributed by atoms with Gasteiger partial charge in [0, 0.05) is 16.4 Å². The molecule has 3 heteroatoms. The molecule has 5 aliphatic carbocycles. The maximum atomic E-state index is 13.0. The molecule has 0 aliphatic heterocycles. The first kappa shape index (κ1) is 23.8. The number of methoxy groups -OCH3 is 1. The van der Waals surface area contributed by atoms with E-state index in [-0.39, 0.29) is 27.4 Å². The molecule has 0 aromatic heterocycles. The minimum atomic E-state index is -0.197. The lowest BCUT2D eigenvalue weighted by molar-refractivity contribution is -0.167. The largest absolute Gasteiger partial charge is 0.492 e. The van der Waals surface area contributed by atoms with E-state index in [1.54, 1.807) is 14.0 Å². The molecule has 3 fully saturated rings. The maximum Gasteiger partial charge on any atom is 0.220 e. The van der Waals surface area contributed by atoms with Crippen molar-refractivity contribution >= 4 is 11.6 Å². The van der Waals surface area contributed by atoms with Crippen LogP contribution in [0.25, 0.3) is 0 Å². The standard InChI is InChI=1S/C31H42O3/c1-19-21-9-10-24-29(5,22(21)17-23(33)26(19)34-8)14-16-31(7)25-18-28(4,20(2)32)12-11-27(25,3)13-15-30(24,31)6/h9-10,17,25H,11-16,18H2,1-8H3/t25-,27-,28-,29+,30-,31+/m1/s1. The Balaban J connectivity index is 1.64. The summed E-state index contributed by atoms with van der Waals surface area (Å²) in [7, 11) is 1.59. The van der Waals surface area contributed by atoms with Crippen molar-refractivity contribution in [2.75, 3.05) is 7.11 Å². The maximum absolute atomic E-state index is 13.0. The third-order valence-corrected chi connectivity index (χ3v) is 11.9. The molecule has 3 saturated carbocycles. The average molecular weight is 463 g/mol. The second-order valence-corrected chi connectivity index (χ2v) is 13.4. The Labute approximate surface area is 205 Å². The Morgan fingerprint density at radius 2 is 1.65 bits per heavy atom. The minimum Gasteiger partial charge on any atom is -0.492 e. The first-order valence-corrected chi connectivity index (χ1v) is 13.2. The molecule has 6 atom stereocenters. The van der Waals surface area contributed by atoms with Crippen molar-refractivity contribution in [2.45, 2.75) is 93.4 Å². The zero-order chi connectivity index (χ0) is 24.9. The van der Waals surface area contributed by atoms with Crippen LogP contribution < -0.4 is 0 Å². The number of Topliss-reactive ketones (excluding diaryl/α,β-unsaturated/α-hetero) is 1. The van der Waals surface area contributed by atoms with Gasteiger partial charge in [-0.3, -0.25) is 9.59 Å². The van der Waals surface area contributed by atoms with Crippen molar-refractivity contribution in [1.29, 1.82) is 0 Å². The summed E-state index contributed by atoms with van der Waals surface area (Å²) in [6.07, 6.45) is 14.3. The lowest BCUT2D eigenvalue weighted by Gasteiger charge is -2.70. The van der Waals surface area contributed by atoms with Gasteiger partial charge in [-0.15, -0.1) is 0 Å². The number of ether oxygens (including phenoxy) is 1. The molecule has 0 radical (unpaired) electrons. The van der Waals surface area contributed by atoms with Gasteiger partial charge in [0.05, 0.1) is 7.11 Å². The summed E-state index contributed by atoms with van der Waals surface area (Å²) in [5.74, 6) is 1.36. The van der Waals surface area contributed by atoms with Crippen LogP contribution in [0.3, 0.4) is 0 Å². The number of allylic oxidation sites excluding steroid dienone is 7. The molecule has 5 aliphatic rings. The smallest absolute Gasteiger partial charge is 0.220 e. The van der Waals surface area contributed by atoms with Crippen molar-refractivity contribution in [3.05, 3.63) is 46.3 Å². The van der Waals surface area contributed by atoms with Gasteiger partial charge in [-0.25, -0.2) is 0 Å². The van der Waals surface area contributed by atoms with Gasteiger partial charge in [-0.1, -0.05) is 52.3 Å². The number of carbonyl (C=O) groups is 2. The number of fused-ring (bicyclic) bond motifs is 7. The summed E-state index contributed by atoms with van der Waals surface area (Å²) in [5.41, 5.74) is 4.96. The zero-order valence-electron chi connectivity index (χ0n) is 22.5. The Hall–Kier alpha value is -1.90. The van der Waals surface area contributed by atoms with Gasteiger partial charge in [0.15, 0.2) is 5.76 Å². The van der Waals surface area contributed by atoms with Crippen LogP contribution in [-0.4, -0.2) is 18.7 Å². The summed E-state index contributed by atoms with van der Waals surface area (Å²) >= 11 is 0. The molecule has 34 heavy (non-hydrogen) atoms. The zero-order valence-corrected chi connectivity index (χ0v) is 22.5.